The number of ketones is 1. The molecular formula is C22H30N4O5S. The van der Waals surface area contributed by atoms with Crippen molar-refractivity contribution in [2.75, 3.05) is 32.7 Å². The van der Waals surface area contributed by atoms with Gasteiger partial charge in [-0.1, -0.05) is 6.07 Å². The maximum absolute atomic E-state index is 13.1. The molecule has 2 heterocycles. The van der Waals surface area contributed by atoms with E-state index in [1.54, 1.807) is 6.92 Å². The van der Waals surface area contributed by atoms with Crippen molar-refractivity contribution in [3.63, 3.8) is 0 Å². The molecule has 10 heteroatoms. The minimum Gasteiger partial charge on any atom is -0.346 e. The summed E-state index contributed by atoms with van der Waals surface area (Å²) < 4.78 is 29.7. The van der Waals surface area contributed by atoms with Gasteiger partial charge in [0.15, 0.2) is 5.78 Å². The van der Waals surface area contributed by atoms with Gasteiger partial charge >= 0.3 is 0 Å². The van der Waals surface area contributed by atoms with Crippen LogP contribution in [0.2, 0.25) is 0 Å². The van der Waals surface area contributed by atoms with E-state index < -0.39 is 14.9 Å². The Balaban J connectivity index is 1.69. The fourth-order valence-electron chi connectivity index (χ4n) is 4.39. The van der Waals surface area contributed by atoms with Crippen molar-refractivity contribution in [1.29, 1.82) is 0 Å². The van der Waals surface area contributed by atoms with Crippen molar-refractivity contribution in [2.45, 2.75) is 45.6 Å². The Bertz CT molecular complexity index is 1150. The molecule has 0 radical (unpaired) electrons. The summed E-state index contributed by atoms with van der Waals surface area (Å²) in [6.07, 6.45) is 0. The molecule has 32 heavy (non-hydrogen) atoms. The van der Waals surface area contributed by atoms with E-state index >= 15 is 0 Å². The van der Waals surface area contributed by atoms with Crippen LogP contribution in [0.4, 0.5) is 5.69 Å². The molecule has 0 saturated carbocycles. The number of benzene rings is 1. The Morgan fingerprint density at radius 3 is 2.25 bits per heavy atom. The number of piperazine rings is 1. The van der Waals surface area contributed by atoms with E-state index in [0.717, 1.165) is 17.5 Å². The van der Waals surface area contributed by atoms with E-state index in [4.69, 9.17) is 0 Å². The third-order valence-corrected chi connectivity index (χ3v) is 8.04. The van der Waals surface area contributed by atoms with Gasteiger partial charge < -0.3 is 4.57 Å². The number of hydrogen-bond donors (Lipinski definition) is 0. The standard InChI is InChI=1S/C22H30N4O5S/c1-15(2)25-17(4)12-20(18(25)5)21(27)14-23-8-10-24(11-9-23)32(30,31)22-13-19(26(28)29)7-6-16(22)3/h6-7,12-13,15H,8-11,14H2,1-5H3. The number of aryl methyl sites for hydroxylation is 2. The molecule has 0 spiro atoms. The Morgan fingerprint density at radius 1 is 1.09 bits per heavy atom. The first-order valence-corrected chi connectivity index (χ1v) is 12.1. The smallest absolute Gasteiger partial charge is 0.270 e. The number of sulfonamides is 1. The monoisotopic (exact) mass is 462 g/mol. The lowest BCUT2D eigenvalue weighted by molar-refractivity contribution is -0.385. The van der Waals surface area contributed by atoms with Gasteiger partial charge in [-0.2, -0.15) is 4.31 Å². The molecule has 0 N–H and O–H groups in total. The highest BCUT2D eigenvalue weighted by Crippen LogP contribution is 2.26. The summed E-state index contributed by atoms with van der Waals surface area (Å²) in [4.78, 5) is 25.3. The van der Waals surface area contributed by atoms with Crippen LogP contribution in [0.1, 0.15) is 47.2 Å². The van der Waals surface area contributed by atoms with Gasteiger partial charge in [-0.3, -0.25) is 19.8 Å². The number of carbonyl (C=O) groups excluding carboxylic acids is 1. The molecule has 9 nitrogen and oxygen atoms in total. The van der Waals surface area contributed by atoms with Crippen LogP contribution in [-0.4, -0.2) is 65.6 Å². The molecule has 2 aromatic rings. The van der Waals surface area contributed by atoms with Gasteiger partial charge in [-0.15, -0.1) is 0 Å². The van der Waals surface area contributed by atoms with Crippen molar-refractivity contribution < 1.29 is 18.1 Å². The second-order valence-corrected chi connectivity index (χ2v) is 10.5. The van der Waals surface area contributed by atoms with Gasteiger partial charge in [0, 0.05) is 61.3 Å². The van der Waals surface area contributed by atoms with Crippen LogP contribution in [0.15, 0.2) is 29.2 Å². The molecular weight excluding hydrogens is 432 g/mol. The fourth-order valence-corrected chi connectivity index (χ4v) is 6.06. The first kappa shape index (κ1) is 24.1. The number of Topliss-reactive ketones (excluding diaryl/α,β-unsaturated/α-hetero) is 1. The first-order chi connectivity index (χ1) is 14.9. The van der Waals surface area contributed by atoms with Crippen LogP contribution >= 0.6 is 0 Å². The van der Waals surface area contributed by atoms with Crippen molar-refractivity contribution in [3.8, 4) is 0 Å². The number of carbonyl (C=O) groups is 1. The van der Waals surface area contributed by atoms with Crippen molar-refractivity contribution in [3.05, 3.63) is 56.9 Å². The van der Waals surface area contributed by atoms with Gasteiger partial charge in [-0.05, 0) is 46.2 Å². The number of nitrogens with zero attached hydrogens (tertiary/aromatic N) is 4. The number of rotatable bonds is 7. The molecule has 0 amide bonds. The molecule has 0 aliphatic carbocycles. The summed E-state index contributed by atoms with van der Waals surface area (Å²) >= 11 is 0. The quantitative estimate of drug-likeness (QED) is 0.356. The lowest BCUT2D eigenvalue weighted by Gasteiger charge is -2.33. The Labute approximate surface area is 188 Å². The number of hydrogen-bond acceptors (Lipinski definition) is 6. The molecule has 3 rings (SSSR count). The van der Waals surface area contributed by atoms with Crippen molar-refractivity contribution in [1.82, 2.24) is 13.8 Å². The van der Waals surface area contributed by atoms with Crippen molar-refractivity contribution in [2.24, 2.45) is 0 Å². The highest BCUT2D eigenvalue weighted by Gasteiger charge is 2.31. The molecule has 0 bridgehead atoms. The molecule has 0 unspecified atom stereocenters. The minimum atomic E-state index is -3.86. The number of aromatic nitrogens is 1. The van der Waals surface area contributed by atoms with E-state index in [1.165, 1.54) is 16.4 Å². The topological polar surface area (TPSA) is 106 Å². The molecule has 0 atom stereocenters. The summed E-state index contributed by atoms with van der Waals surface area (Å²) in [6.45, 7) is 11.2. The summed E-state index contributed by atoms with van der Waals surface area (Å²) in [5.41, 5.74) is 2.92. The molecule has 1 saturated heterocycles. The summed E-state index contributed by atoms with van der Waals surface area (Å²) in [6, 6.07) is 6.05. The highest BCUT2D eigenvalue weighted by atomic mass is 32.2. The van der Waals surface area contributed by atoms with E-state index in [-0.39, 0.29) is 42.0 Å². The summed E-state index contributed by atoms with van der Waals surface area (Å²) in [5, 5.41) is 11.1. The average molecular weight is 463 g/mol. The third-order valence-electron chi connectivity index (χ3n) is 6.00. The van der Waals surface area contributed by atoms with Crippen LogP contribution in [0, 0.1) is 30.9 Å². The van der Waals surface area contributed by atoms with Gasteiger partial charge in [0.2, 0.25) is 10.0 Å². The largest absolute Gasteiger partial charge is 0.346 e. The maximum atomic E-state index is 13.1. The summed E-state index contributed by atoms with van der Waals surface area (Å²) in [7, 11) is -3.86. The van der Waals surface area contributed by atoms with Gasteiger partial charge in [0.05, 0.1) is 16.4 Å². The Morgan fingerprint density at radius 2 is 1.72 bits per heavy atom. The fraction of sp³-hybridized carbons (Fsp3) is 0.500. The van der Waals surface area contributed by atoms with Crippen LogP contribution in [0.3, 0.4) is 0 Å². The molecule has 1 aliphatic heterocycles. The molecule has 1 aromatic carbocycles. The van der Waals surface area contributed by atoms with Gasteiger partial charge in [0.1, 0.15) is 0 Å². The van der Waals surface area contributed by atoms with Crippen LogP contribution < -0.4 is 0 Å². The van der Waals surface area contributed by atoms with Crippen LogP contribution in [-0.2, 0) is 10.0 Å². The van der Waals surface area contributed by atoms with Crippen LogP contribution in [0.25, 0.3) is 0 Å². The van der Waals surface area contributed by atoms with Gasteiger partial charge in [-0.25, -0.2) is 8.42 Å². The van der Waals surface area contributed by atoms with Gasteiger partial charge in [0.25, 0.3) is 5.69 Å². The number of non-ortho nitro benzene ring substituents is 1. The number of nitro groups is 1. The zero-order valence-electron chi connectivity index (χ0n) is 19.2. The SMILES string of the molecule is Cc1ccc([N+](=O)[O-])cc1S(=O)(=O)N1CCN(CC(=O)c2cc(C)n(C(C)C)c2C)CC1. The summed E-state index contributed by atoms with van der Waals surface area (Å²) in [5.74, 6) is 0.0239. The molecule has 1 aliphatic rings. The Kier molecular flexibility index (Phi) is 6.87. The second kappa shape index (κ2) is 9.13. The Hall–Kier alpha value is -2.56. The van der Waals surface area contributed by atoms with E-state index in [2.05, 4.69) is 18.4 Å². The molecule has 1 fully saturated rings. The van der Waals surface area contributed by atoms with Crippen LogP contribution in [0.5, 0.6) is 0 Å². The number of nitro benzene ring substituents is 1. The zero-order chi connectivity index (χ0) is 23.8. The minimum absolute atomic E-state index is 0.0239. The lowest BCUT2D eigenvalue weighted by Crippen LogP contribution is -2.49. The van der Waals surface area contributed by atoms with E-state index in [0.29, 0.717) is 24.2 Å². The zero-order valence-corrected chi connectivity index (χ0v) is 20.0. The normalized spacial score (nSPS) is 15.9. The van der Waals surface area contributed by atoms with E-state index in [1.807, 2.05) is 24.8 Å². The average Bonchev–Trinajstić information content (AvgIpc) is 3.02. The molecule has 1 aromatic heterocycles. The second-order valence-electron chi connectivity index (χ2n) is 8.56. The maximum Gasteiger partial charge on any atom is 0.270 e. The first-order valence-electron chi connectivity index (χ1n) is 10.6. The van der Waals surface area contributed by atoms with E-state index in [9.17, 15) is 23.3 Å². The molecule has 174 valence electrons. The lowest BCUT2D eigenvalue weighted by atomic mass is 10.1. The third kappa shape index (κ3) is 4.62. The predicted octanol–water partition coefficient (Wildman–Crippen LogP) is 3.09. The predicted molar refractivity (Wildman–Crippen MR) is 122 cm³/mol. The highest BCUT2D eigenvalue weighted by molar-refractivity contribution is 7.89. The van der Waals surface area contributed by atoms with Crippen molar-refractivity contribution >= 4 is 21.5 Å².